The van der Waals surface area contributed by atoms with Crippen molar-refractivity contribution in [3.8, 4) is 0 Å². The van der Waals surface area contributed by atoms with E-state index in [9.17, 15) is 18.0 Å². The molecule has 2 aromatic heterocycles. The molecule has 6 nitrogen and oxygen atoms in total. The number of amides is 1. The molecule has 1 aromatic carbocycles. The van der Waals surface area contributed by atoms with E-state index in [4.69, 9.17) is 0 Å². The summed E-state index contributed by atoms with van der Waals surface area (Å²) in [6.07, 6.45) is -1.66. The molecule has 0 unspecified atom stereocenters. The summed E-state index contributed by atoms with van der Waals surface area (Å²) < 4.78 is 38.4. The Balaban J connectivity index is 1.51. The molecule has 0 saturated carbocycles. The molecule has 0 aliphatic carbocycles. The fourth-order valence-corrected chi connectivity index (χ4v) is 3.83. The number of hydrogen-bond donors (Lipinski definition) is 1. The zero-order valence-corrected chi connectivity index (χ0v) is 16.6. The predicted molar refractivity (Wildman–Crippen MR) is 106 cm³/mol. The van der Waals surface area contributed by atoms with Crippen molar-refractivity contribution >= 4 is 35.1 Å². The first kappa shape index (κ1) is 21.2. The van der Waals surface area contributed by atoms with Crippen LogP contribution in [-0.4, -0.2) is 37.6 Å². The van der Waals surface area contributed by atoms with Crippen molar-refractivity contribution in [1.29, 1.82) is 0 Å². The lowest BCUT2D eigenvalue weighted by atomic mass is 10.2. The highest BCUT2D eigenvalue weighted by atomic mass is 32.2. The summed E-state index contributed by atoms with van der Waals surface area (Å²) >= 11 is 2.48. The normalized spacial score (nSPS) is 11.4. The van der Waals surface area contributed by atoms with E-state index in [-0.39, 0.29) is 16.8 Å². The van der Waals surface area contributed by atoms with Crippen LogP contribution in [0.3, 0.4) is 0 Å². The number of halogens is 3. The van der Waals surface area contributed by atoms with Gasteiger partial charge in [-0.3, -0.25) is 9.36 Å². The SMILES string of the molecule is O=C(CSc1nncn1CC(F)(F)F)Nc1cccc(CSc2ccccn2)c1. The third-order valence-electron chi connectivity index (χ3n) is 3.50. The van der Waals surface area contributed by atoms with Crippen LogP contribution in [0.1, 0.15) is 5.56 Å². The number of nitrogens with one attached hydrogen (secondary N) is 1. The minimum atomic E-state index is -4.38. The second-order valence-corrected chi connectivity index (χ2v) is 7.79. The first-order chi connectivity index (χ1) is 13.9. The smallest absolute Gasteiger partial charge is 0.325 e. The largest absolute Gasteiger partial charge is 0.406 e. The van der Waals surface area contributed by atoms with Crippen LogP contribution in [0.2, 0.25) is 0 Å². The molecule has 0 radical (unpaired) electrons. The second kappa shape index (κ2) is 9.79. The molecular formula is C18H16F3N5OS2. The summed E-state index contributed by atoms with van der Waals surface area (Å²) in [4.78, 5) is 16.4. The van der Waals surface area contributed by atoms with Gasteiger partial charge in [0, 0.05) is 17.6 Å². The summed E-state index contributed by atoms with van der Waals surface area (Å²) in [5, 5.41) is 10.8. The van der Waals surface area contributed by atoms with Crippen molar-refractivity contribution < 1.29 is 18.0 Å². The van der Waals surface area contributed by atoms with Crippen LogP contribution < -0.4 is 5.32 Å². The van der Waals surface area contributed by atoms with Gasteiger partial charge in [-0.1, -0.05) is 30.0 Å². The number of hydrogen-bond acceptors (Lipinski definition) is 6. The maximum absolute atomic E-state index is 12.5. The maximum atomic E-state index is 12.5. The van der Waals surface area contributed by atoms with Crippen LogP contribution in [0.25, 0.3) is 0 Å². The van der Waals surface area contributed by atoms with Gasteiger partial charge in [0.25, 0.3) is 0 Å². The number of carbonyl (C=O) groups is 1. The van der Waals surface area contributed by atoms with E-state index < -0.39 is 12.7 Å². The lowest BCUT2D eigenvalue weighted by molar-refractivity contribution is -0.142. The van der Waals surface area contributed by atoms with Gasteiger partial charge in [0.05, 0.1) is 10.8 Å². The summed E-state index contributed by atoms with van der Waals surface area (Å²) in [6.45, 7) is -1.19. The molecule has 0 aliphatic heterocycles. The van der Waals surface area contributed by atoms with Gasteiger partial charge in [-0.15, -0.1) is 22.0 Å². The van der Waals surface area contributed by atoms with Crippen molar-refractivity contribution in [3.05, 3.63) is 60.6 Å². The highest BCUT2D eigenvalue weighted by Crippen LogP contribution is 2.24. The van der Waals surface area contributed by atoms with Crippen LogP contribution >= 0.6 is 23.5 Å². The van der Waals surface area contributed by atoms with Crippen molar-refractivity contribution in [2.45, 2.75) is 28.7 Å². The van der Waals surface area contributed by atoms with Gasteiger partial charge in [0.2, 0.25) is 5.91 Å². The molecule has 0 fully saturated rings. The molecule has 3 aromatic rings. The molecule has 3 rings (SSSR count). The number of carbonyl (C=O) groups excluding carboxylic acids is 1. The van der Waals surface area contributed by atoms with Crippen LogP contribution in [0.4, 0.5) is 18.9 Å². The standard InChI is InChI=1S/C18H16F3N5OS2/c19-18(20,21)11-26-12-23-25-17(26)29-10-15(27)24-14-5-3-4-13(8-14)9-28-16-6-1-2-7-22-16/h1-8,12H,9-11H2,(H,24,27). The molecule has 0 atom stereocenters. The third kappa shape index (κ3) is 7.09. The average molecular weight is 439 g/mol. The lowest BCUT2D eigenvalue weighted by Gasteiger charge is -2.10. The van der Waals surface area contributed by atoms with Crippen LogP contribution in [0.5, 0.6) is 0 Å². The van der Waals surface area contributed by atoms with Crippen molar-refractivity contribution in [2.75, 3.05) is 11.1 Å². The molecule has 0 aliphatic rings. The topological polar surface area (TPSA) is 72.7 Å². The zero-order chi connectivity index (χ0) is 20.7. The van der Waals surface area contributed by atoms with E-state index in [1.807, 2.05) is 36.4 Å². The summed E-state index contributed by atoms with van der Waals surface area (Å²) in [6, 6.07) is 13.1. The first-order valence-corrected chi connectivity index (χ1v) is 10.4. The van der Waals surface area contributed by atoms with Gasteiger partial charge in [-0.25, -0.2) is 4.98 Å². The molecule has 152 valence electrons. The molecule has 0 bridgehead atoms. The van der Waals surface area contributed by atoms with Crippen LogP contribution in [0, 0.1) is 0 Å². The van der Waals surface area contributed by atoms with Gasteiger partial charge in [0.15, 0.2) is 5.16 Å². The Morgan fingerprint density at radius 2 is 2.00 bits per heavy atom. The number of benzene rings is 1. The fraction of sp³-hybridized carbons (Fsp3) is 0.222. The fourth-order valence-electron chi connectivity index (χ4n) is 2.31. The number of aromatic nitrogens is 4. The van der Waals surface area contributed by atoms with Crippen molar-refractivity contribution in [1.82, 2.24) is 19.7 Å². The molecule has 0 saturated heterocycles. The number of nitrogens with zero attached hydrogens (tertiary/aromatic N) is 4. The Kier molecular flexibility index (Phi) is 7.15. The summed E-state index contributed by atoms with van der Waals surface area (Å²) in [5.41, 5.74) is 1.63. The first-order valence-electron chi connectivity index (χ1n) is 8.39. The predicted octanol–water partition coefficient (Wildman–Crippen LogP) is 4.26. The summed E-state index contributed by atoms with van der Waals surface area (Å²) in [7, 11) is 0. The lowest BCUT2D eigenvalue weighted by Crippen LogP contribution is -2.19. The van der Waals surface area contributed by atoms with Gasteiger partial charge in [-0.2, -0.15) is 13.2 Å². The van der Waals surface area contributed by atoms with Crippen LogP contribution in [0.15, 0.2) is 65.2 Å². The Hall–Kier alpha value is -2.53. The number of pyridine rings is 1. The van der Waals surface area contributed by atoms with E-state index in [1.54, 1.807) is 24.0 Å². The molecule has 1 amide bonds. The zero-order valence-electron chi connectivity index (χ0n) is 15.0. The minimum absolute atomic E-state index is 0.0398. The van der Waals surface area contributed by atoms with Crippen molar-refractivity contribution in [2.24, 2.45) is 0 Å². The Labute approximate surface area is 173 Å². The number of alkyl halides is 3. The van der Waals surface area contributed by atoms with Gasteiger partial charge in [-0.05, 0) is 29.8 Å². The number of anilines is 1. The molecule has 0 spiro atoms. The van der Waals surface area contributed by atoms with Gasteiger partial charge in [0.1, 0.15) is 12.9 Å². The van der Waals surface area contributed by atoms with Gasteiger partial charge < -0.3 is 5.32 Å². The van der Waals surface area contributed by atoms with Crippen LogP contribution in [-0.2, 0) is 17.1 Å². The molecule has 2 heterocycles. The molecule has 11 heteroatoms. The van der Waals surface area contributed by atoms with Crippen molar-refractivity contribution in [3.63, 3.8) is 0 Å². The Morgan fingerprint density at radius 3 is 2.76 bits per heavy atom. The highest BCUT2D eigenvalue weighted by Gasteiger charge is 2.29. The molecule has 1 N–H and O–H groups in total. The Morgan fingerprint density at radius 1 is 1.14 bits per heavy atom. The molecular weight excluding hydrogens is 423 g/mol. The second-order valence-electron chi connectivity index (χ2n) is 5.85. The quantitative estimate of drug-likeness (QED) is 0.529. The average Bonchev–Trinajstić information content (AvgIpc) is 3.11. The third-order valence-corrected chi connectivity index (χ3v) is 5.49. The monoisotopic (exact) mass is 439 g/mol. The van der Waals surface area contributed by atoms with E-state index in [2.05, 4.69) is 20.5 Å². The van der Waals surface area contributed by atoms with E-state index in [0.717, 1.165) is 33.2 Å². The van der Waals surface area contributed by atoms with E-state index in [1.165, 1.54) is 0 Å². The Bertz CT molecular complexity index is 950. The van der Waals surface area contributed by atoms with E-state index in [0.29, 0.717) is 11.4 Å². The minimum Gasteiger partial charge on any atom is -0.325 e. The van der Waals surface area contributed by atoms with Gasteiger partial charge >= 0.3 is 6.18 Å². The highest BCUT2D eigenvalue weighted by molar-refractivity contribution is 7.99. The number of thioether (sulfide) groups is 2. The van der Waals surface area contributed by atoms with E-state index >= 15 is 0 Å². The summed E-state index contributed by atoms with van der Waals surface area (Å²) in [5.74, 6) is 0.269. The number of rotatable bonds is 8. The molecule has 29 heavy (non-hydrogen) atoms. The maximum Gasteiger partial charge on any atom is 0.406 e.